The first-order valence-electron chi connectivity index (χ1n) is 9.46. The van der Waals surface area contributed by atoms with Crippen LogP contribution in [-0.2, 0) is 26.1 Å². The second kappa shape index (κ2) is 9.93. The maximum atomic E-state index is 12.5. The van der Waals surface area contributed by atoms with Gasteiger partial charge < -0.3 is 10.1 Å². The van der Waals surface area contributed by atoms with Crippen molar-refractivity contribution in [1.29, 1.82) is 0 Å². The standard InChI is InChI=1S/C20H26N4O4S/c1-23(29(26,27)19-8-5-9-21-13-19)16-20(25)22-12-18-15-24(10-11-28-18)14-17-6-3-2-4-7-17/h2-9,13,18H,10-12,14-16H2,1H3,(H,22,25). The van der Waals surface area contributed by atoms with Crippen LogP contribution in [0.2, 0.25) is 0 Å². The van der Waals surface area contributed by atoms with Crippen molar-refractivity contribution < 1.29 is 17.9 Å². The van der Waals surface area contributed by atoms with E-state index in [-0.39, 0.29) is 23.5 Å². The van der Waals surface area contributed by atoms with E-state index in [1.807, 2.05) is 18.2 Å². The highest BCUT2D eigenvalue weighted by Crippen LogP contribution is 2.12. The van der Waals surface area contributed by atoms with Gasteiger partial charge in [-0.05, 0) is 17.7 Å². The summed E-state index contributed by atoms with van der Waals surface area (Å²) >= 11 is 0. The second-order valence-electron chi connectivity index (χ2n) is 6.97. The van der Waals surface area contributed by atoms with Gasteiger partial charge in [-0.3, -0.25) is 14.7 Å². The zero-order chi connectivity index (χ0) is 20.7. The number of pyridine rings is 1. The Morgan fingerprint density at radius 1 is 1.28 bits per heavy atom. The number of morpholine rings is 1. The van der Waals surface area contributed by atoms with Crippen LogP contribution in [0.1, 0.15) is 5.56 Å². The lowest BCUT2D eigenvalue weighted by Gasteiger charge is -2.33. The molecular weight excluding hydrogens is 392 g/mol. The average Bonchev–Trinajstić information content (AvgIpc) is 2.74. The fourth-order valence-corrected chi connectivity index (χ4v) is 4.23. The Labute approximate surface area is 171 Å². The Bertz CT molecular complexity index is 893. The maximum absolute atomic E-state index is 12.5. The number of carbonyl (C=O) groups excluding carboxylic acids is 1. The van der Waals surface area contributed by atoms with Crippen LogP contribution in [0, 0.1) is 0 Å². The van der Waals surface area contributed by atoms with Gasteiger partial charge in [0.2, 0.25) is 15.9 Å². The zero-order valence-corrected chi connectivity index (χ0v) is 17.2. The van der Waals surface area contributed by atoms with E-state index in [0.717, 1.165) is 17.4 Å². The molecule has 0 aliphatic carbocycles. The van der Waals surface area contributed by atoms with E-state index in [4.69, 9.17) is 4.74 Å². The third-order valence-electron chi connectivity index (χ3n) is 4.71. The number of ether oxygens (including phenoxy) is 1. The molecule has 3 rings (SSSR count). The lowest BCUT2D eigenvalue weighted by Crippen LogP contribution is -2.48. The van der Waals surface area contributed by atoms with Gasteiger partial charge in [0, 0.05) is 45.6 Å². The van der Waals surface area contributed by atoms with E-state index in [1.54, 1.807) is 6.07 Å². The molecule has 1 aliphatic heterocycles. The van der Waals surface area contributed by atoms with Gasteiger partial charge in [-0.25, -0.2) is 8.42 Å². The predicted octanol–water partition coefficient (Wildman–Crippen LogP) is 0.719. The van der Waals surface area contributed by atoms with Gasteiger partial charge in [0.1, 0.15) is 4.90 Å². The number of nitrogens with one attached hydrogen (secondary N) is 1. The normalized spacial score (nSPS) is 17.9. The first-order chi connectivity index (χ1) is 13.9. The molecule has 1 saturated heterocycles. The molecule has 156 valence electrons. The van der Waals surface area contributed by atoms with Crippen LogP contribution in [0.4, 0.5) is 0 Å². The second-order valence-corrected chi connectivity index (χ2v) is 9.01. The van der Waals surface area contributed by atoms with Crippen molar-refractivity contribution in [2.45, 2.75) is 17.5 Å². The molecule has 1 aromatic carbocycles. The minimum Gasteiger partial charge on any atom is -0.374 e. The van der Waals surface area contributed by atoms with Crippen LogP contribution < -0.4 is 5.32 Å². The highest BCUT2D eigenvalue weighted by atomic mass is 32.2. The first kappa shape index (κ1) is 21.4. The number of hydrogen-bond donors (Lipinski definition) is 1. The SMILES string of the molecule is CN(CC(=O)NCC1CN(Cc2ccccc2)CCO1)S(=O)(=O)c1cccnc1. The van der Waals surface area contributed by atoms with E-state index < -0.39 is 10.0 Å². The van der Waals surface area contributed by atoms with Gasteiger partial charge in [0.15, 0.2) is 0 Å². The molecule has 1 N–H and O–H groups in total. The quantitative estimate of drug-likeness (QED) is 0.679. The zero-order valence-electron chi connectivity index (χ0n) is 16.4. The largest absolute Gasteiger partial charge is 0.374 e. The van der Waals surface area contributed by atoms with Crippen LogP contribution in [0.25, 0.3) is 0 Å². The Morgan fingerprint density at radius 2 is 2.07 bits per heavy atom. The molecule has 29 heavy (non-hydrogen) atoms. The van der Waals surface area contributed by atoms with Crippen molar-refractivity contribution in [1.82, 2.24) is 19.5 Å². The molecule has 1 aliphatic rings. The van der Waals surface area contributed by atoms with Gasteiger partial charge in [-0.15, -0.1) is 0 Å². The van der Waals surface area contributed by atoms with E-state index in [2.05, 4.69) is 27.3 Å². The van der Waals surface area contributed by atoms with Gasteiger partial charge in [0.25, 0.3) is 0 Å². The van der Waals surface area contributed by atoms with Gasteiger partial charge in [-0.1, -0.05) is 30.3 Å². The summed E-state index contributed by atoms with van der Waals surface area (Å²) in [6.07, 6.45) is 2.63. The summed E-state index contributed by atoms with van der Waals surface area (Å²) in [5.41, 5.74) is 1.24. The Hall–Kier alpha value is -2.33. The topological polar surface area (TPSA) is 91.8 Å². The number of aromatic nitrogens is 1. The molecule has 0 radical (unpaired) electrons. The van der Waals surface area contributed by atoms with Crippen LogP contribution in [0.5, 0.6) is 0 Å². The molecule has 8 nitrogen and oxygen atoms in total. The van der Waals surface area contributed by atoms with Crippen molar-refractivity contribution >= 4 is 15.9 Å². The van der Waals surface area contributed by atoms with Crippen LogP contribution in [0.3, 0.4) is 0 Å². The molecule has 1 aromatic heterocycles. The smallest absolute Gasteiger partial charge is 0.244 e. The monoisotopic (exact) mass is 418 g/mol. The molecule has 1 amide bonds. The van der Waals surface area contributed by atoms with Crippen molar-refractivity contribution in [3.8, 4) is 0 Å². The van der Waals surface area contributed by atoms with E-state index in [1.165, 1.54) is 31.1 Å². The third kappa shape index (κ3) is 6.07. The first-order valence-corrected chi connectivity index (χ1v) is 10.9. The number of nitrogens with zero attached hydrogens (tertiary/aromatic N) is 3. The summed E-state index contributed by atoms with van der Waals surface area (Å²) in [5, 5.41) is 2.78. The molecule has 2 aromatic rings. The number of rotatable bonds is 8. The molecule has 0 bridgehead atoms. The lowest BCUT2D eigenvalue weighted by atomic mass is 10.2. The molecule has 1 unspecified atom stereocenters. The highest BCUT2D eigenvalue weighted by Gasteiger charge is 2.24. The summed E-state index contributed by atoms with van der Waals surface area (Å²) in [6, 6.07) is 13.2. The van der Waals surface area contributed by atoms with Gasteiger partial charge in [-0.2, -0.15) is 4.31 Å². The van der Waals surface area contributed by atoms with Gasteiger partial charge >= 0.3 is 0 Å². The molecule has 2 heterocycles. The summed E-state index contributed by atoms with van der Waals surface area (Å²) in [7, 11) is -2.37. The number of sulfonamides is 1. The maximum Gasteiger partial charge on any atom is 0.244 e. The van der Waals surface area contributed by atoms with Gasteiger partial charge in [0.05, 0.1) is 19.3 Å². The number of likely N-dealkylation sites (N-methyl/N-ethyl adjacent to an activating group) is 1. The summed E-state index contributed by atoms with van der Waals surface area (Å²) in [4.78, 5) is 18.4. The number of amides is 1. The Kier molecular flexibility index (Phi) is 7.32. The minimum atomic E-state index is -3.75. The lowest BCUT2D eigenvalue weighted by molar-refractivity contribution is -0.122. The minimum absolute atomic E-state index is 0.0578. The summed E-state index contributed by atoms with van der Waals surface area (Å²) in [6.45, 7) is 3.05. The summed E-state index contributed by atoms with van der Waals surface area (Å²) in [5.74, 6) is -0.372. The van der Waals surface area contributed by atoms with Crippen molar-refractivity contribution in [3.63, 3.8) is 0 Å². The molecule has 1 fully saturated rings. The number of carbonyl (C=O) groups is 1. The highest BCUT2D eigenvalue weighted by molar-refractivity contribution is 7.89. The molecule has 9 heteroatoms. The van der Waals surface area contributed by atoms with E-state index >= 15 is 0 Å². The molecule has 0 saturated carbocycles. The molecule has 0 spiro atoms. The molecular formula is C20H26N4O4S. The average molecular weight is 419 g/mol. The Balaban J connectivity index is 1.46. The van der Waals surface area contributed by atoms with Crippen LogP contribution in [0.15, 0.2) is 59.8 Å². The van der Waals surface area contributed by atoms with Crippen LogP contribution >= 0.6 is 0 Å². The van der Waals surface area contributed by atoms with E-state index in [0.29, 0.717) is 19.7 Å². The van der Waals surface area contributed by atoms with E-state index in [9.17, 15) is 13.2 Å². The Morgan fingerprint density at radius 3 is 2.79 bits per heavy atom. The van der Waals surface area contributed by atoms with Crippen molar-refractivity contribution in [3.05, 3.63) is 60.4 Å². The molecule has 1 atom stereocenters. The van der Waals surface area contributed by atoms with Crippen molar-refractivity contribution in [2.24, 2.45) is 0 Å². The fraction of sp³-hybridized carbons (Fsp3) is 0.400. The summed E-state index contributed by atoms with van der Waals surface area (Å²) < 4.78 is 31.7. The van der Waals surface area contributed by atoms with Crippen molar-refractivity contribution in [2.75, 3.05) is 39.8 Å². The fourth-order valence-electron chi connectivity index (χ4n) is 3.14. The van der Waals surface area contributed by atoms with Crippen LogP contribution in [-0.4, -0.2) is 74.5 Å². The number of benzene rings is 1. The third-order valence-corrected chi connectivity index (χ3v) is 6.49. The number of hydrogen-bond acceptors (Lipinski definition) is 6. The predicted molar refractivity (Wildman–Crippen MR) is 109 cm³/mol.